The summed E-state index contributed by atoms with van der Waals surface area (Å²) in [6, 6.07) is 2.28. The summed E-state index contributed by atoms with van der Waals surface area (Å²) in [4.78, 5) is 2.26. The fraction of sp³-hybridized carbons (Fsp3) is 0.692. The molecule has 0 aliphatic carbocycles. The van der Waals surface area contributed by atoms with Gasteiger partial charge in [0, 0.05) is 24.7 Å². The minimum Gasteiger partial charge on any atom is -0.472 e. The summed E-state index contributed by atoms with van der Waals surface area (Å²) < 4.78 is 11.0. The van der Waals surface area contributed by atoms with Crippen LogP contribution in [0.2, 0.25) is 0 Å². The Hall–Kier alpha value is -0.840. The zero-order chi connectivity index (χ0) is 12.3. The first kappa shape index (κ1) is 12.6. The highest BCUT2D eigenvalue weighted by Crippen LogP contribution is 2.24. The third-order valence-corrected chi connectivity index (χ3v) is 3.51. The van der Waals surface area contributed by atoms with Gasteiger partial charge in [0.15, 0.2) is 0 Å². The molecule has 3 unspecified atom stereocenters. The first-order chi connectivity index (χ1) is 8.20. The van der Waals surface area contributed by atoms with E-state index in [0.717, 1.165) is 19.4 Å². The number of ether oxygens (including phenoxy) is 1. The fourth-order valence-corrected chi connectivity index (χ4v) is 2.52. The molecule has 1 aromatic heterocycles. The molecule has 0 bridgehead atoms. The van der Waals surface area contributed by atoms with E-state index in [1.165, 1.54) is 5.56 Å². The molecule has 2 heterocycles. The molecule has 0 aromatic carbocycles. The molecule has 3 atom stereocenters. The molecule has 2 N–H and O–H groups in total. The summed E-state index contributed by atoms with van der Waals surface area (Å²) in [5, 5.41) is 0. The maximum Gasteiger partial charge on any atom is 0.0947 e. The Bertz CT molecular complexity index is 326. The van der Waals surface area contributed by atoms with Crippen LogP contribution in [0.5, 0.6) is 0 Å². The predicted octanol–water partition coefficient (Wildman–Crippen LogP) is 1.61. The van der Waals surface area contributed by atoms with Gasteiger partial charge in [0.25, 0.3) is 0 Å². The first-order valence-electron chi connectivity index (χ1n) is 6.27. The van der Waals surface area contributed by atoms with Crippen molar-refractivity contribution in [2.75, 3.05) is 13.6 Å². The van der Waals surface area contributed by atoms with Crippen molar-refractivity contribution in [1.29, 1.82) is 0 Å². The standard InChI is InChI=1S/C13H22N2O2/c1-10-3-4-13(17-10)12(7-14)15(2)8-11-5-6-16-9-11/h5-6,9-10,12-13H,3-4,7-8,14H2,1-2H3. The highest BCUT2D eigenvalue weighted by atomic mass is 16.5. The Labute approximate surface area is 103 Å². The molecule has 0 amide bonds. The van der Waals surface area contributed by atoms with Crippen LogP contribution in [0.3, 0.4) is 0 Å². The van der Waals surface area contributed by atoms with Crippen LogP contribution in [0.1, 0.15) is 25.3 Å². The lowest BCUT2D eigenvalue weighted by Gasteiger charge is -2.31. The monoisotopic (exact) mass is 238 g/mol. The van der Waals surface area contributed by atoms with Gasteiger partial charge in [0.1, 0.15) is 0 Å². The van der Waals surface area contributed by atoms with Crippen molar-refractivity contribution >= 4 is 0 Å². The van der Waals surface area contributed by atoms with Gasteiger partial charge in [-0.2, -0.15) is 0 Å². The molecule has 1 aromatic rings. The Balaban J connectivity index is 1.93. The van der Waals surface area contributed by atoms with E-state index in [0.29, 0.717) is 12.6 Å². The van der Waals surface area contributed by atoms with E-state index in [4.69, 9.17) is 14.9 Å². The number of rotatable bonds is 5. The molecule has 0 saturated carbocycles. The lowest BCUT2D eigenvalue weighted by molar-refractivity contribution is 0.000804. The van der Waals surface area contributed by atoms with Crippen LogP contribution in [0.25, 0.3) is 0 Å². The molecule has 1 fully saturated rings. The van der Waals surface area contributed by atoms with E-state index in [2.05, 4.69) is 18.9 Å². The maximum absolute atomic E-state index is 5.91. The second kappa shape index (κ2) is 5.67. The molecule has 1 saturated heterocycles. The van der Waals surface area contributed by atoms with Gasteiger partial charge in [0.2, 0.25) is 0 Å². The highest BCUT2D eigenvalue weighted by molar-refractivity contribution is 5.05. The summed E-state index contributed by atoms with van der Waals surface area (Å²) >= 11 is 0. The molecule has 4 nitrogen and oxygen atoms in total. The third-order valence-electron chi connectivity index (χ3n) is 3.51. The van der Waals surface area contributed by atoms with Gasteiger partial charge in [-0.05, 0) is 32.9 Å². The number of nitrogens with two attached hydrogens (primary N) is 1. The minimum atomic E-state index is 0.270. The minimum absolute atomic E-state index is 0.270. The predicted molar refractivity (Wildman–Crippen MR) is 66.6 cm³/mol. The van der Waals surface area contributed by atoms with Gasteiger partial charge in [-0.1, -0.05) is 0 Å². The van der Waals surface area contributed by atoms with Crippen LogP contribution < -0.4 is 5.73 Å². The Kier molecular flexibility index (Phi) is 4.20. The molecule has 4 heteroatoms. The maximum atomic E-state index is 5.91. The van der Waals surface area contributed by atoms with E-state index in [1.807, 2.05) is 6.07 Å². The molecule has 96 valence electrons. The van der Waals surface area contributed by atoms with Gasteiger partial charge < -0.3 is 14.9 Å². The summed E-state index contributed by atoms with van der Waals surface area (Å²) in [6.07, 6.45) is 6.37. The third kappa shape index (κ3) is 3.09. The van der Waals surface area contributed by atoms with E-state index >= 15 is 0 Å². The molecule has 1 aliphatic rings. The fourth-order valence-electron chi connectivity index (χ4n) is 2.52. The largest absolute Gasteiger partial charge is 0.472 e. The lowest BCUT2D eigenvalue weighted by Crippen LogP contribution is -2.46. The summed E-state index contributed by atoms with van der Waals surface area (Å²) in [7, 11) is 2.09. The molecule has 17 heavy (non-hydrogen) atoms. The van der Waals surface area contributed by atoms with Crippen LogP contribution in [-0.4, -0.2) is 36.7 Å². The lowest BCUT2D eigenvalue weighted by atomic mass is 10.1. The second-order valence-electron chi connectivity index (χ2n) is 4.91. The highest BCUT2D eigenvalue weighted by Gasteiger charge is 2.31. The van der Waals surface area contributed by atoms with E-state index in [-0.39, 0.29) is 12.1 Å². The number of likely N-dealkylation sites (N-methyl/N-ethyl adjacent to an activating group) is 1. The van der Waals surface area contributed by atoms with Gasteiger partial charge in [-0.15, -0.1) is 0 Å². The van der Waals surface area contributed by atoms with E-state index in [1.54, 1.807) is 12.5 Å². The quantitative estimate of drug-likeness (QED) is 0.846. The topological polar surface area (TPSA) is 51.6 Å². The van der Waals surface area contributed by atoms with Crippen molar-refractivity contribution in [1.82, 2.24) is 4.90 Å². The molecule has 1 aliphatic heterocycles. The summed E-state index contributed by atoms with van der Waals surface area (Å²) in [6.45, 7) is 3.61. The van der Waals surface area contributed by atoms with Gasteiger partial charge in [-0.3, -0.25) is 4.90 Å². The normalized spacial score (nSPS) is 26.6. The van der Waals surface area contributed by atoms with Crippen LogP contribution in [0.4, 0.5) is 0 Å². The zero-order valence-corrected chi connectivity index (χ0v) is 10.6. The Morgan fingerprint density at radius 2 is 2.35 bits per heavy atom. The summed E-state index contributed by atoms with van der Waals surface area (Å²) in [5.41, 5.74) is 7.06. The SMILES string of the molecule is CC1CCC(C(CN)N(C)Cc2ccoc2)O1. The van der Waals surface area contributed by atoms with Crippen LogP contribution in [0.15, 0.2) is 23.0 Å². The summed E-state index contributed by atoms with van der Waals surface area (Å²) in [5.74, 6) is 0. The Morgan fingerprint density at radius 3 is 2.88 bits per heavy atom. The molecular weight excluding hydrogens is 216 g/mol. The van der Waals surface area contributed by atoms with Crippen molar-refractivity contribution in [3.05, 3.63) is 24.2 Å². The van der Waals surface area contributed by atoms with Gasteiger partial charge >= 0.3 is 0 Å². The molecular formula is C13H22N2O2. The van der Waals surface area contributed by atoms with Crippen LogP contribution in [0, 0.1) is 0 Å². The average molecular weight is 238 g/mol. The average Bonchev–Trinajstić information content (AvgIpc) is 2.91. The molecule has 2 rings (SSSR count). The number of nitrogens with zero attached hydrogens (tertiary/aromatic N) is 1. The van der Waals surface area contributed by atoms with Crippen LogP contribution in [-0.2, 0) is 11.3 Å². The van der Waals surface area contributed by atoms with Crippen molar-refractivity contribution in [2.24, 2.45) is 5.73 Å². The molecule has 0 spiro atoms. The van der Waals surface area contributed by atoms with E-state index < -0.39 is 0 Å². The second-order valence-corrected chi connectivity index (χ2v) is 4.91. The smallest absolute Gasteiger partial charge is 0.0947 e. The molecule has 0 radical (unpaired) electrons. The number of furan rings is 1. The van der Waals surface area contributed by atoms with Crippen molar-refractivity contribution in [3.63, 3.8) is 0 Å². The van der Waals surface area contributed by atoms with E-state index in [9.17, 15) is 0 Å². The zero-order valence-electron chi connectivity index (χ0n) is 10.6. The van der Waals surface area contributed by atoms with Crippen LogP contribution >= 0.6 is 0 Å². The number of hydrogen-bond donors (Lipinski definition) is 1. The first-order valence-corrected chi connectivity index (χ1v) is 6.27. The van der Waals surface area contributed by atoms with Gasteiger partial charge in [0.05, 0.1) is 24.7 Å². The van der Waals surface area contributed by atoms with Gasteiger partial charge in [-0.25, -0.2) is 0 Å². The van der Waals surface area contributed by atoms with Crippen molar-refractivity contribution < 1.29 is 9.15 Å². The van der Waals surface area contributed by atoms with Crippen molar-refractivity contribution in [3.8, 4) is 0 Å². The Morgan fingerprint density at radius 1 is 1.53 bits per heavy atom. The number of hydrogen-bond acceptors (Lipinski definition) is 4. The van der Waals surface area contributed by atoms with Crippen molar-refractivity contribution in [2.45, 2.75) is 44.6 Å².